The molecule has 0 radical (unpaired) electrons. The fourth-order valence-electron chi connectivity index (χ4n) is 0.932. The quantitative estimate of drug-likeness (QED) is 0.675. The Labute approximate surface area is 101 Å². The standard InChI is InChI=1S/C8H11ClIN3O/c1-5(3-9)13(2)7-6(10)8(14)12-4-11-7/h4-5H,3H2,1-2H3,(H,11,12,14). The van der Waals surface area contributed by atoms with Crippen molar-refractivity contribution in [2.45, 2.75) is 13.0 Å². The number of hydrogen-bond donors (Lipinski definition) is 1. The van der Waals surface area contributed by atoms with Gasteiger partial charge in [-0.15, -0.1) is 11.6 Å². The maximum Gasteiger partial charge on any atom is 0.266 e. The van der Waals surface area contributed by atoms with Crippen LogP contribution in [0.4, 0.5) is 5.82 Å². The molecular weight excluding hydrogens is 316 g/mol. The molecule has 1 aromatic heterocycles. The molecule has 0 spiro atoms. The van der Waals surface area contributed by atoms with E-state index >= 15 is 0 Å². The summed E-state index contributed by atoms with van der Waals surface area (Å²) < 4.78 is 0.588. The average Bonchev–Trinajstić information content (AvgIpc) is 2.20. The Hall–Kier alpha value is -0.300. The number of nitrogens with one attached hydrogen (secondary N) is 1. The highest BCUT2D eigenvalue weighted by molar-refractivity contribution is 14.1. The molecule has 1 unspecified atom stereocenters. The van der Waals surface area contributed by atoms with Gasteiger partial charge in [0.2, 0.25) is 0 Å². The van der Waals surface area contributed by atoms with E-state index < -0.39 is 0 Å². The number of aromatic nitrogens is 2. The van der Waals surface area contributed by atoms with Gasteiger partial charge in [0.15, 0.2) is 0 Å². The molecule has 0 aliphatic heterocycles. The second kappa shape index (κ2) is 4.97. The van der Waals surface area contributed by atoms with Crippen molar-refractivity contribution in [3.63, 3.8) is 0 Å². The number of hydrogen-bond acceptors (Lipinski definition) is 3. The van der Waals surface area contributed by atoms with Crippen LogP contribution in [0, 0.1) is 3.57 Å². The SMILES string of the molecule is CC(CCl)N(C)c1nc[nH]c(=O)c1I. The number of anilines is 1. The van der Waals surface area contributed by atoms with Gasteiger partial charge in [0, 0.05) is 19.0 Å². The van der Waals surface area contributed by atoms with Crippen LogP contribution in [0.3, 0.4) is 0 Å². The van der Waals surface area contributed by atoms with Crippen LogP contribution in [0.5, 0.6) is 0 Å². The predicted molar refractivity (Wildman–Crippen MR) is 66.2 cm³/mol. The van der Waals surface area contributed by atoms with Crippen LogP contribution in [0.2, 0.25) is 0 Å². The Kier molecular flexibility index (Phi) is 4.18. The zero-order valence-electron chi connectivity index (χ0n) is 7.92. The van der Waals surface area contributed by atoms with Crippen molar-refractivity contribution < 1.29 is 0 Å². The molecule has 1 aromatic rings. The molecule has 1 rings (SSSR count). The van der Waals surface area contributed by atoms with Gasteiger partial charge in [-0.2, -0.15) is 0 Å². The average molecular weight is 328 g/mol. The first-order chi connectivity index (χ1) is 6.57. The first-order valence-corrected chi connectivity index (χ1v) is 5.71. The summed E-state index contributed by atoms with van der Waals surface area (Å²) in [4.78, 5) is 19.8. The number of H-pyrrole nitrogens is 1. The lowest BCUT2D eigenvalue weighted by Gasteiger charge is -2.24. The van der Waals surface area contributed by atoms with E-state index in [9.17, 15) is 4.79 Å². The highest BCUT2D eigenvalue weighted by Gasteiger charge is 2.14. The van der Waals surface area contributed by atoms with Crippen LogP contribution in [-0.2, 0) is 0 Å². The van der Waals surface area contributed by atoms with E-state index in [4.69, 9.17) is 11.6 Å². The summed E-state index contributed by atoms with van der Waals surface area (Å²) in [6, 6.07) is 0.152. The van der Waals surface area contributed by atoms with Gasteiger partial charge in [0.25, 0.3) is 5.56 Å². The van der Waals surface area contributed by atoms with E-state index in [0.29, 0.717) is 15.3 Å². The molecule has 0 saturated heterocycles. The molecule has 0 aliphatic carbocycles. The third-order valence-corrected chi connectivity index (χ3v) is 3.42. The number of nitrogens with zero attached hydrogens (tertiary/aromatic N) is 2. The Bertz CT molecular complexity index is 368. The Morgan fingerprint density at radius 1 is 1.79 bits per heavy atom. The summed E-state index contributed by atoms with van der Waals surface area (Å²) in [5.74, 6) is 1.17. The summed E-state index contributed by atoms with van der Waals surface area (Å²) in [5, 5.41) is 0. The molecule has 1 heterocycles. The van der Waals surface area contributed by atoms with E-state index in [1.165, 1.54) is 6.33 Å². The molecule has 1 atom stereocenters. The normalized spacial score (nSPS) is 12.6. The van der Waals surface area contributed by atoms with E-state index in [0.717, 1.165) is 0 Å². The van der Waals surface area contributed by atoms with E-state index in [1.54, 1.807) is 0 Å². The van der Waals surface area contributed by atoms with E-state index in [2.05, 4.69) is 9.97 Å². The molecule has 0 bridgehead atoms. The minimum absolute atomic E-state index is 0.121. The van der Waals surface area contributed by atoms with Gasteiger partial charge in [0.05, 0.1) is 6.33 Å². The fourth-order valence-corrected chi connectivity index (χ4v) is 1.81. The summed E-state index contributed by atoms with van der Waals surface area (Å²) >= 11 is 7.71. The predicted octanol–water partition coefficient (Wildman–Crippen LogP) is 1.44. The summed E-state index contributed by atoms with van der Waals surface area (Å²) in [5.41, 5.74) is -0.121. The lowest BCUT2D eigenvalue weighted by Crippen LogP contribution is -2.33. The minimum Gasteiger partial charge on any atom is -0.355 e. The van der Waals surface area contributed by atoms with Gasteiger partial charge < -0.3 is 9.88 Å². The number of rotatable bonds is 3. The largest absolute Gasteiger partial charge is 0.355 e. The van der Waals surface area contributed by atoms with Crippen molar-refractivity contribution in [3.8, 4) is 0 Å². The lowest BCUT2D eigenvalue weighted by atomic mass is 10.3. The van der Waals surface area contributed by atoms with Crippen molar-refractivity contribution in [2.24, 2.45) is 0 Å². The van der Waals surface area contributed by atoms with E-state index in [-0.39, 0.29) is 11.6 Å². The lowest BCUT2D eigenvalue weighted by molar-refractivity contribution is 0.743. The first-order valence-electron chi connectivity index (χ1n) is 4.10. The van der Waals surface area contributed by atoms with Crippen molar-refractivity contribution in [2.75, 3.05) is 17.8 Å². The second-order valence-corrected chi connectivity index (χ2v) is 4.37. The first kappa shape index (κ1) is 11.8. The Morgan fingerprint density at radius 2 is 2.43 bits per heavy atom. The zero-order chi connectivity index (χ0) is 10.7. The van der Waals surface area contributed by atoms with Gasteiger partial charge in [-0.05, 0) is 29.5 Å². The highest BCUT2D eigenvalue weighted by atomic mass is 127. The third-order valence-electron chi connectivity index (χ3n) is 2.00. The topological polar surface area (TPSA) is 49.0 Å². The van der Waals surface area contributed by atoms with Crippen LogP contribution in [0.1, 0.15) is 6.92 Å². The van der Waals surface area contributed by atoms with Crippen LogP contribution in [0.25, 0.3) is 0 Å². The highest BCUT2D eigenvalue weighted by Crippen LogP contribution is 2.16. The second-order valence-electron chi connectivity index (χ2n) is 2.98. The van der Waals surface area contributed by atoms with Gasteiger partial charge in [-0.25, -0.2) is 4.98 Å². The third kappa shape index (κ3) is 2.38. The van der Waals surface area contributed by atoms with Gasteiger partial charge in [0.1, 0.15) is 9.39 Å². The number of aromatic amines is 1. The maximum absolute atomic E-state index is 11.3. The van der Waals surface area contributed by atoms with Crippen LogP contribution < -0.4 is 10.5 Å². The smallest absolute Gasteiger partial charge is 0.266 e. The summed E-state index contributed by atoms with van der Waals surface area (Å²) in [7, 11) is 1.87. The van der Waals surface area contributed by atoms with Crippen LogP contribution in [-0.4, -0.2) is 28.9 Å². The van der Waals surface area contributed by atoms with E-state index in [1.807, 2.05) is 41.5 Å². The molecule has 4 nitrogen and oxygen atoms in total. The number of halogens is 2. The Balaban J connectivity index is 3.07. The molecule has 78 valence electrons. The molecule has 1 N–H and O–H groups in total. The van der Waals surface area contributed by atoms with Crippen molar-refractivity contribution in [3.05, 3.63) is 20.3 Å². The molecule has 0 fully saturated rings. The van der Waals surface area contributed by atoms with Crippen molar-refractivity contribution >= 4 is 40.0 Å². The summed E-state index contributed by atoms with van der Waals surface area (Å²) in [6.07, 6.45) is 1.40. The van der Waals surface area contributed by atoms with Gasteiger partial charge in [-0.3, -0.25) is 4.79 Å². The molecule has 0 aliphatic rings. The van der Waals surface area contributed by atoms with Gasteiger partial charge >= 0.3 is 0 Å². The van der Waals surface area contributed by atoms with Crippen LogP contribution in [0.15, 0.2) is 11.1 Å². The molecule has 6 heteroatoms. The monoisotopic (exact) mass is 327 g/mol. The zero-order valence-corrected chi connectivity index (χ0v) is 10.8. The molecule has 0 aromatic carbocycles. The fraction of sp³-hybridized carbons (Fsp3) is 0.500. The number of alkyl halides is 1. The molecule has 0 saturated carbocycles. The Morgan fingerprint density at radius 3 is 3.00 bits per heavy atom. The summed E-state index contributed by atoms with van der Waals surface area (Å²) in [6.45, 7) is 1.98. The van der Waals surface area contributed by atoms with Crippen LogP contribution >= 0.6 is 34.2 Å². The molecular formula is C8H11ClIN3O. The minimum atomic E-state index is -0.121. The van der Waals surface area contributed by atoms with Gasteiger partial charge in [-0.1, -0.05) is 0 Å². The molecule has 14 heavy (non-hydrogen) atoms. The molecule has 0 amide bonds. The van der Waals surface area contributed by atoms with Crippen molar-refractivity contribution in [1.82, 2.24) is 9.97 Å². The maximum atomic E-state index is 11.3. The van der Waals surface area contributed by atoms with Crippen molar-refractivity contribution in [1.29, 1.82) is 0 Å².